The zero-order chi connectivity index (χ0) is 19.8. The van der Waals surface area contributed by atoms with Crippen molar-refractivity contribution in [3.8, 4) is 0 Å². The van der Waals surface area contributed by atoms with Crippen LogP contribution in [0.4, 0.5) is 5.13 Å². The van der Waals surface area contributed by atoms with Crippen molar-refractivity contribution in [2.24, 2.45) is 0 Å². The number of carbonyl (C=O) groups is 2. The molecule has 150 valence electrons. The van der Waals surface area contributed by atoms with Crippen molar-refractivity contribution in [1.29, 1.82) is 0 Å². The average Bonchev–Trinajstić information content (AvgIpc) is 3.13. The molecule has 2 heterocycles. The highest BCUT2D eigenvalue weighted by Gasteiger charge is 2.31. The normalized spacial score (nSPS) is 17.3. The maximum absolute atomic E-state index is 12.5. The predicted octanol–water partition coefficient (Wildman–Crippen LogP) is 2.60. The van der Waals surface area contributed by atoms with Crippen molar-refractivity contribution < 1.29 is 9.59 Å². The fraction of sp³-hybridized carbons (Fsp3) is 0.500. The van der Waals surface area contributed by atoms with E-state index >= 15 is 0 Å². The van der Waals surface area contributed by atoms with E-state index in [2.05, 4.69) is 32.7 Å². The van der Waals surface area contributed by atoms with E-state index in [-0.39, 0.29) is 18.2 Å². The summed E-state index contributed by atoms with van der Waals surface area (Å²) < 4.78 is 0. The van der Waals surface area contributed by atoms with Crippen LogP contribution in [0.5, 0.6) is 0 Å². The molecule has 8 heteroatoms. The van der Waals surface area contributed by atoms with Crippen molar-refractivity contribution in [3.63, 3.8) is 0 Å². The molecule has 3 rings (SSSR count). The standard InChI is InChI=1S/C20H27N5O2S/c1-2-3-5-10-18-23-24-20(28-18)22-17(26)13-16-19(27)21-11-12-25(16)14-15-8-6-4-7-9-15/h4,6-9,16H,2-3,5,10-14H2,1H3,(H,21,27)(H,22,24,26). The number of hydrogen-bond acceptors (Lipinski definition) is 6. The van der Waals surface area contributed by atoms with Crippen molar-refractivity contribution in [2.75, 3.05) is 18.4 Å². The lowest BCUT2D eigenvalue weighted by Crippen LogP contribution is -2.55. The van der Waals surface area contributed by atoms with Gasteiger partial charge in [-0.05, 0) is 12.0 Å². The smallest absolute Gasteiger partial charge is 0.237 e. The predicted molar refractivity (Wildman–Crippen MR) is 110 cm³/mol. The quantitative estimate of drug-likeness (QED) is 0.631. The Kier molecular flexibility index (Phi) is 7.50. The monoisotopic (exact) mass is 401 g/mol. The molecule has 0 radical (unpaired) electrons. The summed E-state index contributed by atoms with van der Waals surface area (Å²) in [6.45, 7) is 4.13. The second kappa shape index (κ2) is 10.3. The van der Waals surface area contributed by atoms with Crippen LogP contribution in [-0.2, 0) is 22.6 Å². The second-order valence-electron chi connectivity index (χ2n) is 6.97. The number of nitrogens with zero attached hydrogens (tertiary/aromatic N) is 3. The van der Waals surface area contributed by atoms with Gasteiger partial charge in [-0.15, -0.1) is 10.2 Å². The van der Waals surface area contributed by atoms with Crippen LogP contribution in [0.15, 0.2) is 30.3 Å². The number of aromatic nitrogens is 2. The highest BCUT2D eigenvalue weighted by Crippen LogP contribution is 2.19. The molecule has 1 fully saturated rings. The SMILES string of the molecule is CCCCCc1nnc(NC(=O)CC2C(=O)NCCN2Cc2ccccc2)s1. The number of amides is 2. The van der Waals surface area contributed by atoms with Gasteiger partial charge in [-0.25, -0.2) is 0 Å². The van der Waals surface area contributed by atoms with Crippen LogP contribution >= 0.6 is 11.3 Å². The van der Waals surface area contributed by atoms with E-state index in [1.54, 1.807) is 0 Å². The van der Waals surface area contributed by atoms with Crippen LogP contribution in [0.25, 0.3) is 0 Å². The van der Waals surface area contributed by atoms with Crippen LogP contribution in [-0.4, -0.2) is 46.0 Å². The van der Waals surface area contributed by atoms with E-state index in [1.807, 2.05) is 30.3 Å². The fourth-order valence-corrected chi connectivity index (χ4v) is 4.07. The number of anilines is 1. The third-order valence-electron chi connectivity index (χ3n) is 4.76. The molecular weight excluding hydrogens is 374 g/mol. The summed E-state index contributed by atoms with van der Waals surface area (Å²) in [5.74, 6) is -0.314. The van der Waals surface area contributed by atoms with Crippen LogP contribution in [0, 0.1) is 0 Å². The van der Waals surface area contributed by atoms with Gasteiger partial charge in [0, 0.05) is 26.1 Å². The minimum Gasteiger partial charge on any atom is -0.353 e. The summed E-state index contributed by atoms with van der Waals surface area (Å²) in [6.07, 6.45) is 4.39. The van der Waals surface area contributed by atoms with Gasteiger partial charge >= 0.3 is 0 Å². The van der Waals surface area contributed by atoms with Crippen LogP contribution in [0.3, 0.4) is 0 Å². The summed E-state index contributed by atoms with van der Waals surface area (Å²) >= 11 is 1.41. The van der Waals surface area contributed by atoms with Gasteiger partial charge in [0.15, 0.2) is 0 Å². The fourth-order valence-electron chi connectivity index (χ4n) is 3.27. The molecule has 1 unspecified atom stereocenters. The second-order valence-corrected chi connectivity index (χ2v) is 8.04. The minimum absolute atomic E-state index is 0.101. The Hall–Kier alpha value is -2.32. The van der Waals surface area contributed by atoms with Crippen molar-refractivity contribution >= 4 is 28.3 Å². The van der Waals surface area contributed by atoms with Gasteiger partial charge in [-0.3, -0.25) is 14.5 Å². The molecular formula is C20H27N5O2S. The molecule has 1 atom stereocenters. The topological polar surface area (TPSA) is 87.2 Å². The van der Waals surface area contributed by atoms with E-state index in [9.17, 15) is 9.59 Å². The number of benzene rings is 1. The largest absolute Gasteiger partial charge is 0.353 e. The molecule has 1 saturated heterocycles. The zero-order valence-electron chi connectivity index (χ0n) is 16.2. The molecule has 1 aliphatic heterocycles. The Morgan fingerprint density at radius 2 is 2.11 bits per heavy atom. The van der Waals surface area contributed by atoms with E-state index in [0.29, 0.717) is 18.2 Å². The van der Waals surface area contributed by atoms with E-state index in [4.69, 9.17) is 0 Å². The van der Waals surface area contributed by atoms with E-state index < -0.39 is 6.04 Å². The number of rotatable bonds is 9. The molecule has 2 N–H and O–H groups in total. The van der Waals surface area contributed by atoms with Gasteiger partial charge in [0.25, 0.3) is 0 Å². The summed E-state index contributed by atoms with van der Waals surface area (Å²) in [5, 5.41) is 15.3. The summed E-state index contributed by atoms with van der Waals surface area (Å²) in [7, 11) is 0. The molecule has 28 heavy (non-hydrogen) atoms. The highest BCUT2D eigenvalue weighted by atomic mass is 32.1. The number of unbranched alkanes of at least 4 members (excludes halogenated alkanes) is 2. The molecule has 0 saturated carbocycles. The van der Waals surface area contributed by atoms with Gasteiger partial charge in [0.05, 0.1) is 12.5 Å². The molecule has 0 aliphatic carbocycles. The van der Waals surface area contributed by atoms with Crippen molar-refractivity contribution in [1.82, 2.24) is 20.4 Å². The van der Waals surface area contributed by atoms with Crippen molar-refractivity contribution in [2.45, 2.75) is 51.6 Å². The first-order valence-electron chi connectivity index (χ1n) is 9.83. The molecule has 1 aliphatic rings. The molecule has 1 aromatic heterocycles. The Morgan fingerprint density at radius 3 is 2.89 bits per heavy atom. The third kappa shape index (κ3) is 5.84. The lowest BCUT2D eigenvalue weighted by Gasteiger charge is -2.34. The van der Waals surface area contributed by atoms with Gasteiger partial charge in [-0.1, -0.05) is 61.4 Å². The van der Waals surface area contributed by atoms with Crippen LogP contribution in [0.1, 0.15) is 43.2 Å². The average molecular weight is 402 g/mol. The van der Waals surface area contributed by atoms with E-state index in [0.717, 1.165) is 42.8 Å². The Labute approximate surface area is 169 Å². The molecule has 0 spiro atoms. The number of aryl methyl sites for hydroxylation is 1. The lowest BCUT2D eigenvalue weighted by molar-refractivity contribution is -0.132. The van der Waals surface area contributed by atoms with Gasteiger partial charge in [0.2, 0.25) is 16.9 Å². The number of hydrogen-bond donors (Lipinski definition) is 2. The molecule has 2 aromatic rings. The van der Waals surface area contributed by atoms with Gasteiger partial charge in [0.1, 0.15) is 5.01 Å². The molecule has 7 nitrogen and oxygen atoms in total. The first-order valence-corrected chi connectivity index (χ1v) is 10.6. The lowest BCUT2D eigenvalue weighted by atomic mass is 10.1. The van der Waals surface area contributed by atoms with E-state index in [1.165, 1.54) is 11.3 Å². The van der Waals surface area contributed by atoms with Crippen LogP contribution in [0.2, 0.25) is 0 Å². The van der Waals surface area contributed by atoms with Crippen molar-refractivity contribution in [3.05, 3.63) is 40.9 Å². The number of carbonyl (C=O) groups excluding carboxylic acids is 2. The Bertz CT molecular complexity index is 780. The highest BCUT2D eigenvalue weighted by molar-refractivity contribution is 7.15. The van der Waals surface area contributed by atoms with Gasteiger partial charge in [-0.2, -0.15) is 0 Å². The number of piperazine rings is 1. The molecule has 1 aromatic carbocycles. The Balaban J connectivity index is 1.56. The Morgan fingerprint density at radius 1 is 1.29 bits per heavy atom. The first kappa shape index (κ1) is 20.4. The molecule has 2 amide bonds. The minimum atomic E-state index is -0.481. The molecule has 0 bridgehead atoms. The third-order valence-corrected chi connectivity index (χ3v) is 5.65. The maximum Gasteiger partial charge on any atom is 0.237 e. The van der Waals surface area contributed by atoms with Gasteiger partial charge < -0.3 is 10.6 Å². The summed E-state index contributed by atoms with van der Waals surface area (Å²) in [6, 6.07) is 9.51. The summed E-state index contributed by atoms with van der Waals surface area (Å²) in [5.41, 5.74) is 1.13. The number of nitrogens with one attached hydrogen (secondary N) is 2. The van der Waals surface area contributed by atoms with Crippen LogP contribution < -0.4 is 10.6 Å². The summed E-state index contributed by atoms with van der Waals surface area (Å²) in [4.78, 5) is 27.0. The first-order chi connectivity index (χ1) is 13.7. The zero-order valence-corrected chi connectivity index (χ0v) is 17.0. The maximum atomic E-state index is 12.5.